The summed E-state index contributed by atoms with van der Waals surface area (Å²) >= 11 is 0. The van der Waals surface area contributed by atoms with E-state index in [9.17, 15) is 13.2 Å². The Morgan fingerprint density at radius 3 is 2.73 bits per heavy atom. The number of hydrogen-bond donors (Lipinski definition) is 2. The summed E-state index contributed by atoms with van der Waals surface area (Å²) in [7, 11) is 1.65. The highest BCUT2D eigenvalue weighted by atomic mass is 127. The number of halogens is 4. The van der Waals surface area contributed by atoms with Gasteiger partial charge in [-0.25, -0.2) is 0 Å². The van der Waals surface area contributed by atoms with Crippen LogP contribution in [0.25, 0.3) is 0 Å². The van der Waals surface area contributed by atoms with Crippen molar-refractivity contribution in [3.05, 3.63) is 29.8 Å². The van der Waals surface area contributed by atoms with Crippen LogP contribution in [0.4, 0.5) is 13.2 Å². The van der Waals surface area contributed by atoms with E-state index in [-0.39, 0.29) is 30.0 Å². The predicted octanol–water partition coefficient (Wildman–Crippen LogP) is 3.00. The molecule has 9 heteroatoms. The molecule has 1 aliphatic heterocycles. The third-order valence-corrected chi connectivity index (χ3v) is 3.96. The van der Waals surface area contributed by atoms with E-state index in [4.69, 9.17) is 4.74 Å². The molecule has 1 atom stereocenters. The summed E-state index contributed by atoms with van der Waals surface area (Å²) < 4.78 is 43.0. The number of aliphatic imine (C=N–C) groups is 1. The minimum Gasteiger partial charge on any atom is -0.494 e. The molecular weight excluding hydrogens is 460 g/mol. The standard InChI is InChI=1S/C17H25F3N4O.HI/c1-3-25-15-7-5-4-6-13(15)10-22-16(21-2)23-14-8-9-24(11-14)12-17(18,19)20;/h4-7,14H,3,8-12H2,1-2H3,(H2,21,22,23);1H. The Bertz CT molecular complexity index is 583. The summed E-state index contributed by atoms with van der Waals surface area (Å²) in [5.74, 6) is 1.38. The normalized spacial score (nSPS) is 18.3. The largest absolute Gasteiger partial charge is 0.494 e. The Morgan fingerprint density at radius 1 is 1.35 bits per heavy atom. The zero-order chi connectivity index (χ0) is 18.3. The lowest BCUT2D eigenvalue weighted by atomic mass is 10.2. The van der Waals surface area contributed by atoms with Gasteiger partial charge in [0.05, 0.1) is 13.2 Å². The van der Waals surface area contributed by atoms with Crippen molar-refractivity contribution >= 4 is 29.9 Å². The number of ether oxygens (including phenoxy) is 1. The maximum Gasteiger partial charge on any atom is 0.401 e. The second-order valence-electron chi connectivity index (χ2n) is 5.95. The van der Waals surface area contributed by atoms with Crippen LogP contribution in [0.2, 0.25) is 0 Å². The van der Waals surface area contributed by atoms with Gasteiger partial charge < -0.3 is 15.4 Å². The quantitative estimate of drug-likeness (QED) is 0.369. The molecule has 1 aromatic rings. The molecule has 1 fully saturated rings. The molecule has 0 spiro atoms. The average molecular weight is 486 g/mol. The molecular formula is C17H26F3IN4O. The van der Waals surface area contributed by atoms with Crippen LogP contribution in [0.1, 0.15) is 18.9 Å². The number of para-hydroxylation sites is 1. The van der Waals surface area contributed by atoms with Gasteiger partial charge in [-0.1, -0.05) is 18.2 Å². The fraction of sp³-hybridized carbons (Fsp3) is 0.588. The second kappa shape index (κ2) is 10.8. The first kappa shape index (κ1) is 22.8. The number of benzene rings is 1. The zero-order valence-corrected chi connectivity index (χ0v) is 17.3. The third-order valence-electron chi connectivity index (χ3n) is 3.96. The Labute approximate surface area is 169 Å². The Kier molecular flexibility index (Phi) is 9.48. The average Bonchev–Trinajstić information content (AvgIpc) is 2.98. The van der Waals surface area contributed by atoms with Crippen molar-refractivity contribution in [3.8, 4) is 5.75 Å². The van der Waals surface area contributed by atoms with Crippen molar-refractivity contribution in [1.29, 1.82) is 0 Å². The lowest BCUT2D eigenvalue weighted by molar-refractivity contribution is -0.143. The molecule has 2 N–H and O–H groups in total. The fourth-order valence-corrected chi connectivity index (χ4v) is 2.86. The Hall–Kier alpha value is -1.23. The van der Waals surface area contributed by atoms with E-state index in [1.54, 1.807) is 7.05 Å². The first-order valence-corrected chi connectivity index (χ1v) is 8.38. The van der Waals surface area contributed by atoms with Crippen LogP contribution < -0.4 is 15.4 Å². The number of guanidine groups is 1. The van der Waals surface area contributed by atoms with Crippen LogP contribution in [-0.4, -0.2) is 56.4 Å². The SMILES string of the molecule is CCOc1ccccc1CNC(=NC)NC1CCN(CC(F)(F)F)C1.I. The van der Waals surface area contributed by atoms with Crippen molar-refractivity contribution in [1.82, 2.24) is 15.5 Å². The number of nitrogens with zero attached hydrogens (tertiary/aromatic N) is 2. The number of alkyl halides is 3. The third kappa shape index (κ3) is 7.56. The number of nitrogens with one attached hydrogen (secondary N) is 2. The summed E-state index contributed by atoms with van der Waals surface area (Å²) in [6.45, 7) is 2.96. The van der Waals surface area contributed by atoms with Gasteiger partial charge >= 0.3 is 6.18 Å². The van der Waals surface area contributed by atoms with Crippen LogP contribution >= 0.6 is 24.0 Å². The molecule has 1 saturated heterocycles. The van der Waals surface area contributed by atoms with Crippen molar-refractivity contribution < 1.29 is 17.9 Å². The van der Waals surface area contributed by atoms with Crippen molar-refractivity contribution in [2.75, 3.05) is 33.3 Å². The molecule has 148 valence electrons. The van der Waals surface area contributed by atoms with Gasteiger partial charge in [-0.2, -0.15) is 13.2 Å². The number of likely N-dealkylation sites (tertiary alicyclic amines) is 1. The lowest BCUT2D eigenvalue weighted by Gasteiger charge is -2.20. The maximum atomic E-state index is 12.5. The van der Waals surface area contributed by atoms with Crippen LogP contribution in [0, 0.1) is 0 Å². The maximum absolute atomic E-state index is 12.5. The van der Waals surface area contributed by atoms with Gasteiger partial charge in [0.25, 0.3) is 0 Å². The monoisotopic (exact) mass is 486 g/mol. The summed E-state index contributed by atoms with van der Waals surface area (Å²) in [6, 6.07) is 7.67. The van der Waals surface area contributed by atoms with Crippen molar-refractivity contribution in [2.45, 2.75) is 32.1 Å². The molecule has 0 amide bonds. The highest BCUT2D eigenvalue weighted by Gasteiger charge is 2.34. The van der Waals surface area contributed by atoms with Gasteiger partial charge in [0.15, 0.2) is 5.96 Å². The van der Waals surface area contributed by atoms with Gasteiger partial charge in [0.2, 0.25) is 0 Å². The zero-order valence-electron chi connectivity index (χ0n) is 15.0. The van der Waals surface area contributed by atoms with E-state index in [0.717, 1.165) is 11.3 Å². The van der Waals surface area contributed by atoms with Gasteiger partial charge in [-0.15, -0.1) is 24.0 Å². The van der Waals surface area contributed by atoms with Gasteiger partial charge in [0.1, 0.15) is 5.75 Å². The fourth-order valence-electron chi connectivity index (χ4n) is 2.86. The van der Waals surface area contributed by atoms with E-state index in [1.165, 1.54) is 4.90 Å². The number of rotatable bonds is 6. The summed E-state index contributed by atoms with van der Waals surface area (Å²) in [6.07, 6.45) is -3.50. The highest BCUT2D eigenvalue weighted by Crippen LogP contribution is 2.20. The minimum absolute atomic E-state index is 0. The summed E-state index contributed by atoms with van der Waals surface area (Å²) in [4.78, 5) is 5.57. The molecule has 0 aliphatic carbocycles. The van der Waals surface area contributed by atoms with E-state index in [1.807, 2.05) is 31.2 Å². The summed E-state index contributed by atoms with van der Waals surface area (Å²) in [5, 5.41) is 6.38. The molecule has 1 aromatic carbocycles. The van der Waals surface area contributed by atoms with Crippen molar-refractivity contribution in [3.63, 3.8) is 0 Å². The van der Waals surface area contributed by atoms with Gasteiger partial charge in [-0.05, 0) is 19.4 Å². The Morgan fingerprint density at radius 2 is 2.08 bits per heavy atom. The second-order valence-corrected chi connectivity index (χ2v) is 5.95. The van der Waals surface area contributed by atoms with Crippen LogP contribution in [0.15, 0.2) is 29.3 Å². The first-order valence-electron chi connectivity index (χ1n) is 8.38. The molecule has 1 unspecified atom stereocenters. The van der Waals surface area contributed by atoms with Crippen LogP contribution in [-0.2, 0) is 6.54 Å². The molecule has 26 heavy (non-hydrogen) atoms. The predicted molar refractivity (Wildman–Crippen MR) is 107 cm³/mol. The van der Waals surface area contributed by atoms with E-state index < -0.39 is 12.7 Å². The smallest absolute Gasteiger partial charge is 0.401 e. The molecule has 0 radical (unpaired) electrons. The van der Waals surface area contributed by atoms with Crippen molar-refractivity contribution in [2.24, 2.45) is 4.99 Å². The summed E-state index contributed by atoms with van der Waals surface area (Å²) in [5.41, 5.74) is 0.998. The van der Waals surface area contributed by atoms with Crippen LogP contribution in [0.3, 0.4) is 0 Å². The molecule has 5 nitrogen and oxygen atoms in total. The van der Waals surface area contributed by atoms with Crippen LogP contribution in [0.5, 0.6) is 5.75 Å². The molecule has 0 saturated carbocycles. The number of hydrogen-bond acceptors (Lipinski definition) is 3. The minimum atomic E-state index is -4.15. The van der Waals surface area contributed by atoms with E-state index >= 15 is 0 Å². The lowest BCUT2D eigenvalue weighted by Crippen LogP contribution is -2.44. The Balaban J connectivity index is 0.00000338. The van der Waals surface area contributed by atoms with E-state index in [0.29, 0.717) is 38.6 Å². The van der Waals surface area contributed by atoms with Gasteiger partial charge in [-0.3, -0.25) is 9.89 Å². The van der Waals surface area contributed by atoms with Gasteiger partial charge in [0, 0.05) is 38.3 Å². The molecule has 1 heterocycles. The first-order chi connectivity index (χ1) is 11.9. The molecule has 0 aromatic heterocycles. The topological polar surface area (TPSA) is 48.9 Å². The molecule has 0 bridgehead atoms. The molecule has 1 aliphatic rings. The molecule has 2 rings (SSSR count). The van der Waals surface area contributed by atoms with E-state index in [2.05, 4.69) is 15.6 Å². The highest BCUT2D eigenvalue weighted by molar-refractivity contribution is 14.0.